The summed E-state index contributed by atoms with van der Waals surface area (Å²) < 4.78 is 29.3. The summed E-state index contributed by atoms with van der Waals surface area (Å²) in [6.07, 6.45) is -2.51. The first-order valence-corrected chi connectivity index (χ1v) is 13.4. The maximum atomic E-state index is 13.5. The van der Waals surface area contributed by atoms with Crippen molar-refractivity contribution in [2.75, 3.05) is 6.61 Å². The van der Waals surface area contributed by atoms with Gasteiger partial charge in [-0.15, -0.1) is 0 Å². The van der Waals surface area contributed by atoms with Crippen LogP contribution in [0.3, 0.4) is 0 Å². The van der Waals surface area contributed by atoms with Gasteiger partial charge in [-0.25, -0.2) is 14.4 Å². The number of benzene rings is 1. The van der Waals surface area contributed by atoms with Crippen molar-refractivity contribution in [3.63, 3.8) is 0 Å². The fourth-order valence-corrected chi connectivity index (χ4v) is 3.93. The lowest BCUT2D eigenvalue weighted by Crippen LogP contribution is -2.53. The molecular weight excluding hydrogens is 490 g/mol. The van der Waals surface area contributed by atoms with Gasteiger partial charge in [0, 0.05) is 6.61 Å². The number of nitrogens with zero attached hydrogens (tertiary/aromatic N) is 1. The van der Waals surface area contributed by atoms with Crippen LogP contribution in [0.1, 0.15) is 81.6 Å². The average molecular weight is 536 g/mol. The summed E-state index contributed by atoms with van der Waals surface area (Å²) in [5, 5.41) is 0. The first-order valence-electron chi connectivity index (χ1n) is 13.4. The van der Waals surface area contributed by atoms with Crippen molar-refractivity contribution in [1.82, 2.24) is 4.90 Å². The van der Waals surface area contributed by atoms with Gasteiger partial charge in [-0.2, -0.15) is 4.90 Å². The summed E-state index contributed by atoms with van der Waals surface area (Å²) in [7, 11) is 0. The molecule has 1 saturated heterocycles. The van der Waals surface area contributed by atoms with E-state index in [-0.39, 0.29) is 12.5 Å². The molecule has 0 radical (unpaired) electrons. The number of imide groups is 1. The van der Waals surface area contributed by atoms with E-state index in [0.717, 1.165) is 4.90 Å². The Morgan fingerprint density at radius 3 is 2.03 bits per heavy atom. The second-order valence-corrected chi connectivity index (χ2v) is 12.1. The largest absolute Gasteiger partial charge is 0.484 e. The number of amides is 2. The third-order valence-electron chi connectivity index (χ3n) is 5.52. The van der Waals surface area contributed by atoms with Crippen molar-refractivity contribution in [3.05, 3.63) is 30.3 Å². The molecule has 1 aromatic rings. The smallest absolute Gasteiger partial charge is 0.420 e. The molecule has 9 nitrogen and oxygen atoms in total. The van der Waals surface area contributed by atoms with Gasteiger partial charge in [-0.05, 0) is 85.8 Å². The van der Waals surface area contributed by atoms with E-state index in [9.17, 15) is 14.4 Å². The quantitative estimate of drug-likeness (QED) is 0.317. The van der Waals surface area contributed by atoms with Crippen molar-refractivity contribution in [2.45, 2.75) is 117 Å². The van der Waals surface area contributed by atoms with Crippen LogP contribution < -0.4 is 4.74 Å². The molecular formula is C29H45NO8. The number of rotatable bonds is 6. The first kappa shape index (κ1) is 31.4. The minimum atomic E-state index is -1.23. The van der Waals surface area contributed by atoms with Crippen LogP contribution in [0, 0.1) is 5.92 Å². The summed E-state index contributed by atoms with van der Waals surface area (Å²) in [6.45, 7) is 16.5. The molecule has 214 valence electrons. The molecule has 4 unspecified atom stereocenters. The molecule has 2 amide bonds. The predicted octanol–water partition coefficient (Wildman–Crippen LogP) is 6.13. The van der Waals surface area contributed by atoms with Crippen LogP contribution in [-0.4, -0.2) is 65.2 Å². The standard InChI is InChI=1S/C29H45NO8/c1-19(2)18-34-23-17-13-16-22(25(31)35-20(3)24(23)36-21-14-11-10-12-15-21)30(26(32)37-28(4,5)6)27(33)38-29(7,8)9/h10-12,14-15,19-20,22-24H,13,16-18H2,1-9H3. The highest BCUT2D eigenvalue weighted by atomic mass is 16.6. The Hall–Kier alpha value is -2.81. The number of esters is 1. The number of cyclic esters (lactones) is 1. The Morgan fingerprint density at radius 1 is 0.974 bits per heavy atom. The zero-order valence-electron chi connectivity index (χ0n) is 24.3. The minimum absolute atomic E-state index is 0.156. The van der Waals surface area contributed by atoms with Crippen molar-refractivity contribution >= 4 is 18.2 Å². The Labute approximate surface area is 227 Å². The maximum absolute atomic E-state index is 13.5. The van der Waals surface area contributed by atoms with Gasteiger partial charge in [-0.1, -0.05) is 32.0 Å². The van der Waals surface area contributed by atoms with E-state index >= 15 is 0 Å². The topological polar surface area (TPSA) is 101 Å². The zero-order valence-corrected chi connectivity index (χ0v) is 24.3. The van der Waals surface area contributed by atoms with Crippen molar-refractivity contribution in [1.29, 1.82) is 0 Å². The molecule has 0 aromatic heterocycles. The Balaban J connectivity index is 2.40. The van der Waals surface area contributed by atoms with Crippen LogP contribution in [0.5, 0.6) is 5.75 Å². The molecule has 0 aliphatic carbocycles. The van der Waals surface area contributed by atoms with Crippen molar-refractivity contribution < 1.29 is 38.1 Å². The number of carbonyl (C=O) groups is 3. The minimum Gasteiger partial charge on any atom is -0.484 e. The second-order valence-electron chi connectivity index (χ2n) is 12.1. The SMILES string of the molecule is CC(C)COC1CCCC(N(C(=O)OC(C)(C)C)C(=O)OC(C)(C)C)C(=O)OC(C)C1Oc1ccccc1. The predicted molar refractivity (Wildman–Crippen MR) is 143 cm³/mol. The molecule has 1 aliphatic rings. The molecule has 4 atom stereocenters. The van der Waals surface area contributed by atoms with Gasteiger partial charge in [0.25, 0.3) is 0 Å². The molecule has 9 heteroatoms. The van der Waals surface area contributed by atoms with Gasteiger partial charge in [0.15, 0.2) is 6.10 Å². The van der Waals surface area contributed by atoms with Crippen LogP contribution in [0.2, 0.25) is 0 Å². The fourth-order valence-electron chi connectivity index (χ4n) is 3.93. The van der Waals surface area contributed by atoms with Crippen molar-refractivity contribution in [3.8, 4) is 5.75 Å². The van der Waals surface area contributed by atoms with Gasteiger partial charge in [0.1, 0.15) is 29.1 Å². The average Bonchev–Trinajstić information content (AvgIpc) is 2.81. The molecule has 38 heavy (non-hydrogen) atoms. The molecule has 0 spiro atoms. The summed E-state index contributed by atoms with van der Waals surface area (Å²) in [6, 6.07) is 8.04. The summed E-state index contributed by atoms with van der Waals surface area (Å²) in [4.78, 5) is 40.6. The molecule has 0 saturated carbocycles. The van der Waals surface area contributed by atoms with Crippen LogP contribution in [0.25, 0.3) is 0 Å². The molecule has 0 N–H and O–H groups in total. The van der Waals surface area contributed by atoms with Crippen LogP contribution >= 0.6 is 0 Å². The van der Waals surface area contributed by atoms with Gasteiger partial charge in [-0.3, -0.25) is 0 Å². The van der Waals surface area contributed by atoms with Gasteiger partial charge < -0.3 is 23.7 Å². The lowest BCUT2D eigenvalue weighted by Gasteiger charge is -2.33. The maximum Gasteiger partial charge on any atom is 0.420 e. The number of para-hydroxylation sites is 1. The summed E-state index contributed by atoms with van der Waals surface area (Å²) >= 11 is 0. The summed E-state index contributed by atoms with van der Waals surface area (Å²) in [5.74, 6) is 0.180. The number of carbonyl (C=O) groups excluding carboxylic acids is 3. The van der Waals surface area contributed by atoms with Gasteiger partial charge in [0.05, 0.1) is 6.10 Å². The lowest BCUT2D eigenvalue weighted by molar-refractivity contribution is -0.163. The van der Waals surface area contributed by atoms with Crippen molar-refractivity contribution in [2.24, 2.45) is 5.92 Å². The molecule has 0 bridgehead atoms. The molecule has 1 fully saturated rings. The highest BCUT2D eigenvalue weighted by Crippen LogP contribution is 2.27. The van der Waals surface area contributed by atoms with Gasteiger partial charge >= 0.3 is 18.2 Å². The summed E-state index contributed by atoms with van der Waals surface area (Å²) in [5.41, 5.74) is -1.78. The number of hydrogen-bond donors (Lipinski definition) is 0. The van der Waals surface area contributed by atoms with Crippen LogP contribution in [-0.2, 0) is 23.7 Å². The van der Waals surface area contributed by atoms with E-state index in [1.165, 1.54) is 0 Å². The normalized spacial score (nSPS) is 22.9. The number of ether oxygens (including phenoxy) is 5. The molecule has 2 rings (SSSR count). The van der Waals surface area contributed by atoms with E-state index in [4.69, 9.17) is 23.7 Å². The van der Waals surface area contributed by atoms with Crippen LogP contribution in [0.4, 0.5) is 9.59 Å². The molecule has 1 heterocycles. The zero-order chi connectivity index (χ0) is 28.7. The highest BCUT2D eigenvalue weighted by molar-refractivity contribution is 5.94. The second kappa shape index (κ2) is 13.3. The van der Waals surface area contributed by atoms with E-state index < -0.39 is 47.6 Å². The monoisotopic (exact) mass is 535 g/mol. The van der Waals surface area contributed by atoms with Crippen LogP contribution in [0.15, 0.2) is 30.3 Å². The lowest BCUT2D eigenvalue weighted by atomic mass is 10.0. The van der Waals surface area contributed by atoms with E-state index in [1.807, 2.05) is 30.3 Å². The highest BCUT2D eigenvalue weighted by Gasteiger charge is 2.44. The van der Waals surface area contributed by atoms with E-state index in [1.54, 1.807) is 48.5 Å². The van der Waals surface area contributed by atoms with E-state index in [0.29, 0.717) is 31.1 Å². The fraction of sp³-hybridized carbons (Fsp3) is 0.690. The molecule has 1 aliphatic heterocycles. The Morgan fingerprint density at radius 2 is 1.53 bits per heavy atom. The van der Waals surface area contributed by atoms with E-state index in [2.05, 4.69) is 13.8 Å². The third-order valence-corrected chi connectivity index (χ3v) is 5.52. The van der Waals surface area contributed by atoms with Gasteiger partial charge in [0.2, 0.25) is 0 Å². The number of hydrogen-bond acceptors (Lipinski definition) is 8. The Bertz CT molecular complexity index is 891. The Kier molecular flexibility index (Phi) is 11.0. The third kappa shape index (κ3) is 10.2. The molecule has 1 aromatic carbocycles. The first-order chi connectivity index (χ1) is 17.6.